The molecule has 0 aliphatic heterocycles. The highest BCUT2D eigenvalue weighted by Gasteiger charge is 2.36. The van der Waals surface area contributed by atoms with Crippen molar-refractivity contribution in [3.63, 3.8) is 0 Å². The average Bonchev–Trinajstić information content (AvgIpc) is 2.10. The number of rotatable bonds is 8. The highest BCUT2D eigenvalue weighted by molar-refractivity contribution is 9.26. The van der Waals surface area contributed by atoms with E-state index >= 15 is 0 Å². The Morgan fingerprint density at radius 3 is 1.29 bits per heavy atom. The molecule has 0 aliphatic rings. The first-order valence-electron chi connectivity index (χ1n) is 4.56. The Morgan fingerprint density at radius 2 is 1.06 bits per heavy atom. The van der Waals surface area contributed by atoms with Gasteiger partial charge in [-0.1, -0.05) is 0 Å². The minimum absolute atomic E-state index is 0.0156. The van der Waals surface area contributed by atoms with Gasteiger partial charge in [-0.3, -0.25) is 0 Å². The molecule has 0 saturated heterocycles. The lowest BCUT2D eigenvalue weighted by molar-refractivity contribution is 0.0288. The van der Waals surface area contributed by atoms with E-state index in [9.17, 15) is 17.6 Å². The molecule has 0 N–H and O–H groups in total. The molecule has 0 heterocycles. The van der Waals surface area contributed by atoms with Crippen LogP contribution in [0.5, 0.6) is 0 Å². The van der Waals surface area contributed by atoms with E-state index in [-0.39, 0.29) is 25.7 Å². The fraction of sp³-hybridized carbons (Fsp3) is 1.00. The van der Waals surface area contributed by atoms with Crippen LogP contribution < -0.4 is 0 Å². The van der Waals surface area contributed by atoms with Crippen molar-refractivity contribution in [2.75, 3.05) is 0 Å². The van der Waals surface area contributed by atoms with E-state index in [4.69, 9.17) is 4.74 Å². The lowest BCUT2D eigenvalue weighted by atomic mass is 10.3. The SMILES string of the molecule is FC(F)CCC(Br)(Br)OC(Br)(Br)CCC(F)F. The molecule has 0 saturated carbocycles. The molecule has 0 aromatic carbocycles. The third-order valence-electron chi connectivity index (χ3n) is 1.61. The first kappa shape index (κ1) is 18.6. The molecule has 104 valence electrons. The monoisotopic (exact) mass is 514 g/mol. The molecular weight excluding hydrogens is 508 g/mol. The average molecular weight is 518 g/mol. The summed E-state index contributed by atoms with van der Waals surface area (Å²) in [7, 11) is 0. The van der Waals surface area contributed by atoms with Crippen molar-refractivity contribution in [3.8, 4) is 0 Å². The molecule has 0 aromatic rings. The van der Waals surface area contributed by atoms with Gasteiger partial charge in [0.05, 0.1) is 0 Å². The molecule has 0 radical (unpaired) electrons. The maximum Gasteiger partial charge on any atom is 0.238 e. The van der Waals surface area contributed by atoms with Crippen LogP contribution in [0.15, 0.2) is 0 Å². The molecule has 0 fully saturated rings. The lowest BCUT2D eigenvalue weighted by Gasteiger charge is -2.30. The molecule has 0 amide bonds. The topological polar surface area (TPSA) is 9.23 Å². The zero-order valence-corrected chi connectivity index (χ0v) is 14.8. The molecule has 0 rings (SSSR count). The third-order valence-corrected chi connectivity index (χ3v) is 3.84. The Balaban J connectivity index is 4.17. The van der Waals surface area contributed by atoms with E-state index < -0.39 is 19.7 Å². The standard InChI is InChI=1S/C8H10Br4F4O/c9-7(10,3-1-5(13)14)17-8(11,12)4-2-6(15)16/h5-6H,1-4H2. The van der Waals surface area contributed by atoms with Gasteiger partial charge in [-0.25, -0.2) is 17.6 Å². The maximum atomic E-state index is 12.0. The van der Waals surface area contributed by atoms with Gasteiger partial charge in [0.2, 0.25) is 12.9 Å². The van der Waals surface area contributed by atoms with E-state index in [0.29, 0.717) is 0 Å². The zero-order chi connectivity index (χ0) is 13.7. The first-order chi connectivity index (χ1) is 7.54. The summed E-state index contributed by atoms with van der Waals surface area (Å²) in [5, 5.41) is 0. The van der Waals surface area contributed by atoms with Crippen molar-refractivity contribution in [3.05, 3.63) is 0 Å². The van der Waals surface area contributed by atoms with Gasteiger partial charge in [-0.2, -0.15) is 0 Å². The largest absolute Gasteiger partial charge is 0.326 e. The molecule has 0 unspecified atom stereocenters. The Hall–Kier alpha value is 1.60. The van der Waals surface area contributed by atoms with E-state index in [0.717, 1.165) is 0 Å². The smallest absolute Gasteiger partial charge is 0.238 e. The summed E-state index contributed by atoms with van der Waals surface area (Å²) in [6, 6.07) is 0. The molecule has 17 heavy (non-hydrogen) atoms. The van der Waals surface area contributed by atoms with Crippen LogP contribution in [-0.4, -0.2) is 19.7 Å². The molecule has 9 heteroatoms. The molecule has 0 spiro atoms. The van der Waals surface area contributed by atoms with Gasteiger partial charge in [0, 0.05) is 25.7 Å². The Kier molecular flexibility index (Phi) is 8.77. The van der Waals surface area contributed by atoms with Gasteiger partial charge in [0.15, 0.2) is 6.84 Å². The van der Waals surface area contributed by atoms with Gasteiger partial charge in [0.25, 0.3) is 0 Å². The minimum atomic E-state index is -2.45. The molecule has 0 aromatic heterocycles. The van der Waals surface area contributed by atoms with E-state index in [1.165, 1.54) is 0 Å². The van der Waals surface area contributed by atoms with Crippen LogP contribution in [0.3, 0.4) is 0 Å². The Bertz CT molecular complexity index is 204. The maximum absolute atomic E-state index is 12.0. The van der Waals surface area contributed by atoms with Crippen LogP contribution in [0.25, 0.3) is 0 Å². The van der Waals surface area contributed by atoms with Crippen LogP contribution in [0, 0.1) is 0 Å². The van der Waals surface area contributed by atoms with Crippen molar-refractivity contribution >= 4 is 63.7 Å². The van der Waals surface area contributed by atoms with Crippen molar-refractivity contribution in [1.29, 1.82) is 0 Å². The fourth-order valence-electron chi connectivity index (χ4n) is 0.875. The van der Waals surface area contributed by atoms with Crippen molar-refractivity contribution in [2.45, 2.75) is 45.4 Å². The number of hydrogen-bond acceptors (Lipinski definition) is 1. The quantitative estimate of drug-likeness (QED) is 0.284. The van der Waals surface area contributed by atoms with Crippen molar-refractivity contribution < 1.29 is 22.3 Å². The predicted molar refractivity (Wildman–Crippen MR) is 72.7 cm³/mol. The summed E-state index contributed by atoms with van der Waals surface area (Å²) in [6.45, 7) is 0. The van der Waals surface area contributed by atoms with E-state index in [2.05, 4.69) is 63.7 Å². The summed E-state index contributed by atoms with van der Waals surface area (Å²) >= 11 is 12.3. The summed E-state index contributed by atoms with van der Waals surface area (Å²) < 4.78 is 51.1. The van der Waals surface area contributed by atoms with E-state index in [1.807, 2.05) is 0 Å². The first-order valence-corrected chi connectivity index (χ1v) is 7.73. The minimum Gasteiger partial charge on any atom is -0.326 e. The van der Waals surface area contributed by atoms with Crippen LogP contribution >= 0.6 is 63.7 Å². The highest BCUT2D eigenvalue weighted by atomic mass is 79.9. The number of hydrogen-bond donors (Lipinski definition) is 0. The second kappa shape index (κ2) is 8.01. The van der Waals surface area contributed by atoms with E-state index in [1.54, 1.807) is 0 Å². The summed E-state index contributed by atoms with van der Waals surface area (Å²) in [6.07, 6.45) is -5.68. The third kappa shape index (κ3) is 11.1. The van der Waals surface area contributed by atoms with Crippen LogP contribution in [0.1, 0.15) is 25.7 Å². The van der Waals surface area contributed by atoms with Gasteiger partial charge < -0.3 is 4.74 Å². The Labute approximate surface area is 131 Å². The van der Waals surface area contributed by atoms with Gasteiger partial charge in [-0.05, 0) is 63.7 Å². The lowest BCUT2D eigenvalue weighted by Crippen LogP contribution is -2.29. The number of alkyl halides is 8. The fourth-order valence-corrected chi connectivity index (χ4v) is 3.76. The van der Waals surface area contributed by atoms with Crippen LogP contribution in [0.2, 0.25) is 0 Å². The predicted octanol–water partition coefficient (Wildman–Crippen LogP) is 5.98. The van der Waals surface area contributed by atoms with Gasteiger partial charge >= 0.3 is 0 Å². The normalized spacial score (nSPS) is 13.8. The molecule has 0 bridgehead atoms. The molecule has 0 atom stereocenters. The molecule has 1 nitrogen and oxygen atoms in total. The molecule has 0 aliphatic carbocycles. The molecular formula is C8H10Br4F4O. The summed E-state index contributed by atoms with van der Waals surface area (Å²) in [4.78, 5) is 0. The number of halogens is 8. The second-order valence-corrected chi connectivity index (χ2v) is 10.5. The van der Waals surface area contributed by atoms with Gasteiger partial charge in [0.1, 0.15) is 0 Å². The summed E-state index contributed by atoms with van der Waals surface area (Å²) in [5.41, 5.74) is 0. The van der Waals surface area contributed by atoms with Crippen LogP contribution in [-0.2, 0) is 4.74 Å². The summed E-state index contributed by atoms with van der Waals surface area (Å²) in [5.74, 6) is 0. The Morgan fingerprint density at radius 1 is 0.765 bits per heavy atom. The highest BCUT2D eigenvalue weighted by Crippen LogP contribution is 2.45. The van der Waals surface area contributed by atoms with Crippen molar-refractivity contribution in [1.82, 2.24) is 0 Å². The number of ether oxygens (including phenoxy) is 1. The van der Waals surface area contributed by atoms with Crippen LogP contribution in [0.4, 0.5) is 17.6 Å². The second-order valence-electron chi connectivity index (χ2n) is 3.24. The van der Waals surface area contributed by atoms with Gasteiger partial charge in [-0.15, -0.1) is 0 Å². The zero-order valence-electron chi connectivity index (χ0n) is 8.42. The van der Waals surface area contributed by atoms with Crippen molar-refractivity contribution in [2.24, 2.45) is 0 Å².